The number of carbonyl (C=O) groups is 2. The summed E-state index contributed by atoms with van der Waals surface area (Å²) in [5, 5.41) is 8.70. The summed E-state index contributed by atoms with van der Waals surface area (Å²) in [7, 11) is 3.16. The lowest BCUT2D eigenvalue weighted by Gasteiger charge is -2.29. The lowest BCUT2D eigenvalue weighted by Crippen LogP contribution is -2.47. The van der Waals surface area contributed by atoms with E-state index in [0.29, 0.717) is 6.61 Å². The van der Waals surface area contributed by atoms with Crippen molar-refractivity contribution < 1.29 is 19.4 Å². The Morgan fingerprint density at radius 3 is 2.31 bits per heavy atom. The molecule has 0 bridgehead atoms. The minimum atomic E-state index is -1.03. The van der Waals surface area contributed by atoms with Crippen LogP contribution in [0.1, 0.15) is 13.8 Å². The number of carbonyl (C=O) groups excluding carboxylic acids is 1. The second-order valence-electron chi connectivity index (χ2n) is 3.80. The molecular weight excluding hydrogens is 212 g/mol. The van der Waals surface area contributed by atoms with Gasteiger partial charge in [-0.1, -0.05) is 0 Å². The van der Waals surface area contributed by atoms with Gasteiger partial charge in [0.15, 0.2) is 0 Å². The number of carboxylic acids is 1. The maximum atomic E-state index is 11.9. The minimum absolute atomic E-state index is 0.0336. The van der Waals surface area contributed by atoms with Gasteiger partial charge >= 0.3 is 12.0 Å². The lowest BCUT2D eigenvalue weighted by molar-refractivity contribution is -0.137. The minimum Gasteiger partial charge on any atom is -0.480 e. The first-order valence-electron chi connectivity index (χ1n) is 5.12. The van der Waals surface area contributed by atoms with E-state index in [-0.39, 0.29) is 25.2 Å². The molecule has 0 rings (SSSR count). The number of methoxy groups -OCH3 is 1. The standard InChI is InChI=1S/C10H20N2O4/c1-8(2)11(3)10(15)12(5-6-16-4)7-9(13)14/h8H,5-7H2,1-4H3,(H,13,14). The molecule has 0 aliphatic carbocycles. The summed E-state index contributed by atoms with van der Waals surface area (Å²) in [4.78, 5) is 25.2. The van der Waals surface area contributed by atoms with Crippen molar-refractivity contribution >= 4 is 12.0 Å². The summed E-state index contributed by atoms with van der Waals surface area (Å²) in [5.41, 5.74) is 0. The molecule has 2 amide bonds. The van der Waals surface area contributed by atoms with Crippen LogP contribution in [0.5, 0.6) is 0 Å². The van der Waals surface area contributed by atoms with Gasteiger partial charge < -0.3 is 19.6 Å². The van der Waals surface area contributed by atoms with E-state index in [9.17, 15) is 9.59 Å². The monoisotopic (exact) mass is 232 g/mol. The van der Waals surface area contributed by atoms with Crippen LogP contribution >= 0.6 is 0 Å². The van der Waals surface area contributed by atoms with Gasteiger partial charge in [0.25, 0.3) is 0 Å². The van der Waals surface area contributed by atoms with Crippen molar-refractivity contribution in [2.45, 2.75) is 19.9 Å². The molecular formula is C10H20N2O4. The third-order valence-corrected chi connectivity index (χ3v) is 2.24. The van der Waals surface area contributed by atoms with Crippen molar-refractivity contribution in [1.82, 2.24) is 9.80 Å². The molecule has 0 spiro atoms. The predicted octanol–water partition coefficient (Wildman–Crippen LogP) is 0.480. The summed E-state index contributed by atoms with van der Waals surface area (Å²) in [5.74, 6) is -1.03. The average Bonchev–Trinajstić information content (AvgIpc) is 2.21. The number of amides is 2. The van der Waals surface area contributed by atoms with Crippen LogP contribution in [-0.4, -0.2) is 66.8 Å². The summed E-state index contributed by atoms with van der Waals surface area (Å²) < 4.78 is 4.84. The van der Waals surface area contributed by atoms with Gasteiger partial charge in [-0.2, -0.15) is 0 Å². The van der Waals surface area contributed by atoms with Gasteiger partial charge in [0.2, 0.25) is 0 Å². The molecule has 6 heteroatoms. The van der Waals surface area contributed by atoms with Gasteiger partial charge in [-0.3, -0.25) is 4.79 Å². The molecule has 94 valence electrons. The second kappa shape index (κ2) is 7.05. The zero-order valence-electron chi connectivity index (χ0n) is 10.3. The van der Waals surface area contributed by atoms with Crippen LogP contribution in [0, 0.1) is 0 Å². The molecule has 0 aliphatic heterocycles. The maximum Gasteiger partial charge on any atom is 0.323 e. The van der Waals surface area contributed by atoms with Crippen molar-refractivity contribution in [3.05, 3.63) is 0 Å². The first-order valence-corrected chi connectivity index (χ1v) is 5.12. The number of urea groups is 1. The highest BCUT2D eigenvalue weighted by Crippen LogP contribution is 2.01. The molecule has 0 saturated carbocycles. The normalized spacial score (nSPS) is 10.3. The number of rotatable bonds is 6. The van der Waals surface area contributed by atoms with Crippen LogP contribution in [0.2, 0.25) is 0 Å². The van der Waals surface area contributed by atoms with Gasteiger partial charge in [-0.05, 0) is 13.8 Å². The van der Waals surface area contributed by atoms with E-state index in [1.54, 1.807) is 7.05 Å². The molecule has 0 aromatic rings. The molecule has 0 unspecified atom stereocenters. The number of carboxylic acid groups (broad SMARTS) is 1. The largest absolute Gasteiger partial charge is 0.480 e. The summed E-state index contributed by atoms with van der Waals surface area (Å²) in [6, 6.07) is -0.263. The molecule has 1 N–H and O–H groups in total. The quantitative estimate of drug-likeness (QED) is 0.723. The van der Waals surface area contributed by atoms with E-state index in [4.69, 9.17) is 9.84 Å². The molecule has 0 saturated heterocycles. The van der Waals surface area contributed by atoms with E-state index in [1.165, 1.54) is 16.9 Å². The Hall–Kier alpha value is -1.30. The second-order valence-corrected chi connectivity index (χ2v) is 3.80. The van der Waals surface area contributed by atoms with E-state index in [1.807, 2.05) is 13.8 Å². The van der Waals surface area contributed by atoms with Gasteiger partial charge in [0.1, 0.15) is 6.54 Å². The highest BCUT2D eigenvalue weighted by atomic mass is 16.5. The summed E-state index contributed by atoms with van der Waals surface area (Å²) in [6.07, 6.45) is 0. The predicted molar refractivity (Wildman–Crippen MR) is 59.4 cm³/mol. The highest BCUT2D eigenvalue weighted by molar-refractivity contribution is 5.80. The molecule has 0 fully saturated rings. The first-order chi connectivity index (χ1) is 7.40. The number of nitrogens with zero attached hydrogens (tertiary/aromatic N) is 2. The number of aliphatic carboxylic acids is 1. The summed E-state index contributed by atoms with van der Waals surface area (Å²) >= 11 is 0. The van der Waals surface area contributed by atoms with Gasteiger partial charge in [-0.15, -0.1) is 0 Å². The van der Waals surface area contributed by atoms with Crippen molar-refractivity contribution in [2.75, 3.05) is 33.9 Å². The fourth-order valence-corrected chi connectivity index (χ4v) is 1.05. The fourth-order valence-electron chi connectivity index (χ4n) is 1.05. The number of hydrogen-bond donors (Lipinski definition) is 1. The van der Waals surface area contributed by atoms with Crippen LogP contribution in [0.3, 0.4) is 0 Å². The Bertz CT molecular complexity index is 243. The lowest BCUT2D eigenvalue weighted by atomic mass is 10.3. The Labute approximate surface area is 95.8 Å². The molecule has 0 aliphatic rings. The zero-order valence-corrected chi connectivity index (χ0v) is 10.3. The van der Waals surface area contributed by atoms with Crippen LogP contribution in [-0.2, 0) is 9.53 Å². The van der Waals surface area contributed by atoms with Gasteiger partial charge in [-0.25, -0.2) is 4.79 Å². The van der Waals surface area contributed by atoms with Crippen LogP contribution in [0.4, 0.5) is 4.79 Å². The average molecular weight is 232 g/mol. The molecule has 0 heterocycles. The van der Waals surface area contributed by atoms with Crippen LogP contribution < -0.4 is 0 Å². The van der Waals surface area contributed by atoms with Crippen molar-refractivity contribution in [2.24, 2.45) is 0 Å². The number of ether oxygens (including phenoxy) is 1. The smallest absolute Gasteiger partial charge is 0.323 e. The van der Waals surface area contributed by atoms with Gasteiger partial charge in [0.05, 0.1) is 6.61 Å². The third kappa shape index (κ3) is 4.97. The van der Waals surface area contributed by atoms with Crippen LogP contribution in [0.25, 0.3) is 0 Å². The van der Waals surface area contributed by atoms with E-state index < -0.39 is 5.97 Å². The van der Waals surface area contributed by atoms with Crippen molar-refractivity contribution in [1.29, 1.82) is 0 Å². The van der Waals surface area contributed by atoms with Gasteiger partial charge in [0, 0.05) is 26.7 Å². The Morgan fingerprint density at radius 1 is 1.38 bits per heavy atom. The van der Waals surface area contributed by atoms with Crippen LogP contribution in [0.15, 0.2) is 0 Å². The van der Waals surface area contributed by atoms with E-state index >= 15 is 0 Å². The summed E-state index contributed by atoms with van der Waals surface area (Å²) in [6.45, 7) is 4.03. The maximum absolute atomic E-state index is 11.9. The molecule has 0 atom stereocenters. The molecule has 0 aromatic carbocycles. The SMILES string of the molecule is COCCN(CC(=O)O)C(=O)N(C)C(C)C. The third-order valence-electron chi connectivity index (χ3n) is 2.24. The molecule has 16 heavy (non-hydrogen) atoms. The van der Waals surface area contributed by atoms with E-state index in [2.05, 4.69) is 0 Å². The Morgan fingerprint density at radius 2 is 1.94 bits per heavy atom. The Kier molecular flexibility index (Phi) is 6.48. The van der Waals surface area contributed by atoms with Crippen molar-refractivity contribution in [3.8, 4) is 0 Å². The highest BCUT2D eigenvalue weighted by Gasteiger charge is 2.21. The molecule has 0 radical (unpaired) electrons. The number of hydrogen-bond acceptors (Lipinski definition) is 3. The zero-order chi connectivity index (χ0) is 12.7. The molecule has 6 nitrogen and oxygen atoms in total. The fraction of sp³-hybridized carbons (Fsp3) is 0.800. The topological polar surface area (TPSA) is 70.1 Å². The van der Waals surface area contributed by atoms with E-state index in [0.717, 1.165) is 0 Å². The van der Waals surface area contributed by atoms with Crippen molar-refractivity contribution in [3.63, 3.8) is 0 Å². The first kappa shape index (κ1) is 14.7. The molecule has 0 aromatic heterocycles. The Balaban J connectivity index is 4.48.